The molecular formula is C23H23N3O2S. The number of ether oxygens (including phenoxy) is 1. The van der Waals surface area contributed by atoms with E-state index >= 15 is 0 Å². The highest BCUT2D eigenvalue weighted by molar-refractivity contribution is 8.03. The molecule has 0 radical (unpaired) electrons. The lowest BCUT2D eigenvalue weighted by molar-refractivity contribution is -0.131. The molecule has 1 amide bonds. The van der Waals surface area contributed by atoms with E-state index in [0.29, 0.717) is 18.7 Å². The summed E-state index contributed by atoms with van der Waals surface area (Å²) in [6, 6.07) is 18.5. The number of nitriles is 1. The number of hydrogen-bond acceptors (Lipinski definition) is 5. The number of benzene rings is 2. The van der Waals surface area contributed by atoms with Gasteiger partial charge in [0.15, 0.2) is 0 Å². The highest BCUT2D eigenvalue weighted by atomic mass is 32.2. The van der Waals surface area contributed by atoms with Crippen molar-refractivity contribution in [2.45, 2.75) is 25.8 Å². The number of thioether (sulfide) groups is 1. The molecule has 1 saturated heterocycles. The third-order valence-electron chi connectivity index (χ3n) is 5.39. The van der Waals surface area contributed by atoms with Crippen LogP contribution in [0.5, 0.6) is 5.75 Å². The summed E-state index contributed by atoms with van der Waals surface area (Å²) in [5.74, 6) is 1.51. The summed E-state index contributed by atoms with van der Waals surface area (Å²) < 4.78 is 5.21. The fraction of sp³-hybridized carbons (Fsp3) is 0.304. The van der Waals surface area contributed by atoms with Gasteiger partial charge in [0.1, 0.15) is 5.75 Å². The molecule has 0 bridgehead atoms. The Balaban J connectivity index is 1.54. The lowest BCUT2D eigenvalue weighted by atomic mass is 9.86. The number of aryl methyl sites for hydroxylation is 1. The molecule has 2 aromatic carbocycles. The van der Waals surface area contributed by atoms with E-state index in [9.17, 15) is 10.1 Å². The molecule has 0 N–H and O–H groups in total. The highest BCUT2D eigenvalue weighted by Gasteiger charge is 2.38. The van der Waals surface area contributed by atoms with E-state index in [1.165, 1.54) is 11.1 Å². The summed E-state index contributed by atoms with van der Waals surface area (Å²) in [7, 11) is 1.66. The van der Waals surface area contributed by atoms with Crippen molar-refractivity contribution in [1.29, 1.82) is 5.26 Å². The Kier molecular flexibility index (Phi) is 5.61. The first-order valence-electron chi connectivity index (χ1n) is 9.58. The normalized spacial score (nSPS) is 19.7. The topological polar surface area (TPSA) is 56.6 Å². The molecule has 0 aromatic heterocycles. The van der Waals surface area contributed by atoms with Crippen molar-refractivity contribution in [1.82, 2.24) is 9.80 Å². The molecular weight excluding hydrogens is 382 g/mol. The number of methoxy groups -OCH3 is 1. The first kappa shape index (κ1) is 19.6. The van der Waals surface area contributed by atoms with Crippen molar-refractivity contribution in [3.05, 3.63) is 75.8 Å². The van der Waals surface area contributed by atoms with E-state index in [0.717, 1.165) is 28.8 Å². The Morgan fingerprint density at radius 3 is 2.55 bits per heavy atom. The number of fused-ring (bicyclic) bond motifs is 1. The van der Waals surface area contributed by atoms with Crippen LogP contribution in [0.3, 0.4) is 0 Å². The number of rotatable bonds is 4. The highest BCUT2D eigenvalue weighted by Crippen LogP contribution is 2.42. The van der Waals surface area contributed by atoms with Gasteiger partial charge in [0.25, 0.3) is 0 Å². The third-order valence-corrected chi connectivity index (χ3v) is 6.60. The van der Waals surface area contributed by atoms with Gasteiger partial charge >= 0.3 is 0 Å². The van der Waals surface area contributed by atoms with Gasteiger partial charge in [-0.05, 0) is 30.2 Å². The maximum atomic E-state index is 12.9. The average Bonchev–Trinajstić information content (AvgIpc) is 2.75. The van der Waals surface area contributed by atoms with E-state index in [2.05, 4.69) is 11.0 Å². The molecule has 0 saturated carbocycles. The summed E-state index contributed by atoms with van der Waals surface area (Å²) in [5, 5.41) is 10.7. The minimum Gasteiger partial charge on any atom is -0.497 e. The summed E-state index contributed by atoms with van der Waals surface area (Å²) in [6.45, 7) is 3.30. The van der Waals surface area contributed by atoms with E-state index in [1.807, 2.05) is 55.5 Å². The van der Waals surface area contributed by atoms with Crippen LogP contribution in [0.15, 0.2) is 59.1 Å². The average molecular weight is 406 g/mol. The van der Waals surface area contributed by atoms with Crippen LogP contribution in [0.4, 0.5) is 0 Å². The molecule has 2 heterocycles. The molecule has 1 atom stereocenters. The van der Waals surface area contributed by atoms with Crippen LogP contribution in [0.1, 0.15) is 29.0 Å². The van der Waals surface area contributed by atoms with Gasteiger partial charge in [0.05, 0.1) is 36.3 Å². The van der Waals surface area contributed by atoms with Gasteiger partial charge in [-0.25, -0.2) is 0 Å². The second-order valence-corrected chi connectivity index (χ2v) is 8.35. The zero-order valence-electron chi connectivity index (χ0n) is 16.6. The number of allylic oxidation sites excluding steroid dienone is 1. The van der Waals surface area contributed by atoms with Crippen molar-refractivity contribution in [2.75, 3.05) is 19.7 Å². The number of hydrogen-bond donors (Lipinski definition) is 0. The summed E-state index contributed by atoms with van der Waals surface area (Å²) in [6.07, 6.45) is 0.340. The molecule has 2 aromatic rings. The predicted molar refractivity (Wildman–Crippen MR) is 114 cm³/mol. The Hall–Kier alpha value is -2.75. The number of nitrogens with zero attached hydrogens (tertiary/aromatic N) is 3. The Labute approximate surface area is 175 Å². The van der Waals surface area contributed by atoms with Crippen molar-refractivity contribution in [3.8, 4) is 11.8 Å². The molecule has 4 rings (SSSR count). The molecule has 0 aliphatic carbocycles. The fourth-order valence-electron chi connectivity index (χ4n) is 3.78. The Morgan fingerprint density at radius 1 is 1.17 bits per heavy atom. The van der Waals surface area contributed by atoms with Crippen molar-refractivity contribution in [3.63, 3.8) is 0 Å². The van der Waals surface area contributed by atoms with Crippen LogP contribution in [0.2, 0.25) is 0 Å². The minimum absolute atomic E-state index is 0.0801. The monoisotopic (exact) mass is 405 g/mol. The Morgan fingerprint density at radius 2 is 1.90 bits per heavy atom. The quantitative estimate of drug-likeness (QED) is 0.762. The van der Waals surface area contributed by atoms with Crippen LogP contribution in [0.25, 0.3) is 0 Å². The molecule has 148 valence electrons. The van der Waals surface area contributed by atoms with Gasteiger partial charge < -0.3 is 4.74 Å². The SMILES string of the molecule is COc1ccc(CN2CSC3=C(C#N)[C@H](c4ccc(C)cc4)CC(=O)N3C2)cc1. The standard InChI is InChI=1S/C23H23N3O2S/c1-16-3-7-18(8-4-16)20-11-22(27)26-14-25(15-29-23(26)21(20)12-24)13-17-5-9-19(28-2)10-6-17/h3-10,20H,11,13-15H2,1-2H3/t20-/m0/s1. The van der Waals surface area contributed by atoms with Crippen molar-refractivity contribution < 1.29 is 9.53 Å². The maximum Gasteiger partial charge on any atom is 0.229 e. The van der Waals surface area contributed by atoms with Gasteiger partial charge in [0, 0.05) is 18.9 Å². The molecule has 1 fully saturated rings. The second kappa shape index (κ2) is 8.32. The lowest BCUT2D eigenvalue weighted by Crippen LogP contribution is -2.46. The summed E-state index contributed by atoms with van der Waals surface area (Å²) >= 11 is 1.58. The first-order chi connectivity index (χ1) is 14.1. The maximum absolute atomic E-state index is 12.9. The summed E-state index contributed by atoms with van der Waals surface area (Å²) in [4.78, 5) is 16.9. The van der Waals surface area contributed by atoms with Gasteiger partial charge in [-0.15, -0.1) is 0 Å². The molecule has 2 aliphatic heterocycles. The first-order valence-corrected chi connectivity index (χ1v) is 10.6. The second-order valence-electron chi connectivity index (χ2n) is 7.41. The van der Waals surface area contributed by atoms with Gasteiger partial charge in [0.2, 0.25) is 5.91 Å². The fourth-order valence-corrected chi connectivity index (χ4v) is 4.92. The van der Waals surface area contributed by atoms with Crippen LogP contribution in [-0.2, 0) is 11.3 Å². The van der Waals surface area contributed by atoms with Gasteiger partial charge in [-0.1, -0.05) is 53.7 Å². The Bertz CT molecular complexity index is 977. The summed E-state index contributed by atoms with van der Waals surface area (Å²) in [5.41, 5.74) is 4.09. The zero-order valence-corrected chi connectivity index (χ0v) is 17.4. The molecule has 2 aliphatic rings. The molecule has 29 heavy (non-hydrogen) atoms. The van der Waals surface area contributed by atoms with Crippen LogP contribution < -0.4 is 4.74 Å². The van der Waals surface area contributed by atoms with E-state index < -0.39 is 0 Å². The van der Waals surface area contributed by atoms with E-state index in [4.69, 9.17) is 4.74 Å². The molecule has 6 heteroatoms. The largest absolute Gasteiger partial charge is 0.497 e. The predicted octanol–water partition coefficient (Wildman–Crippen LogP) is 4.22. The number of carbonyl (C=O) groups is 1. The van der Waals surface area contributed by atoms with Crippen LogP contribution in [-0.4, -0.2) is 35.4 Å². The van der Waals surface area contributed by atoms with Crippen molar-refractivity contribution >= 4 is 17.7 Å². The molecule has 5 nitrogen and oxygen atoms in total. The van der Waals surface area contributed by atoms with Crippen LogP contribution in [0, 0.1) is 18.3 Å². The molecule has 0 spiro atoms. The minimum atomic E-state index is -0.153. The zero-order chi connectivity index (χ0) is 20.4. The number of carbonyl (C=O) groups excluding carboxylic acids is 1. The number of amides is 1. The van der Waals surface area contributed by atoms with Crippen molar-refractivity contribution in [2.24, 2.45) is 0 Å². The molecule has 0 unspecified atom stereocenters. The van der Waals surface area contributed by atoms with Gasteiger partial charge in [-0.2, -0.15) is 5.26 Å². The smallest absolute Gasteiger partial charge is 0.229 e. The lowest BCUT2D eigenvalue weighted by Gasteiger charge is -2.41. The van der Waals surface area contributed by atoms with E-state index in [1.54, 1.807) is 23.8 Å². The van der Waals surface area contributed by atoms with E-state index in [-0.39, 0.29) is 11.8 Å². The van der Waals surface area contributed by atoms with Gasteiger partial charge in [-0.3, -0.25) is 14.6 Å². The third kappa shape index (κ3) is 4.02. The van der Waals surface area contributed by atoms with Crippen LogP contribution >= 0.6 is 11.8 Å².